The van der Waals surface area contributed by atoms with Crippen LogP contribution in [0, 0.1) is 5.92 Å². The van der Waals surface area contributed by atoms with Gasteiger partial charge in [-0.15, -0.1) is 0 Å². The molecule has 25 heavy (non-hydrogen) atoms. The third-order valence-corrected chi connectivity index (χ3v) is 4.96. The van der Waals surface area contributed by atoms with Crippen LogP contribution in [0.3, 0.4) is 0 Å². The van der Waals surface area contributed by atoms with Gasteiger partial charge in [-0.2, -0.15) is 0 Å². The zero-order valence-electron chi connectivity index (χ0n) is 13.9. The molecule has 0 atom stereocenters. The minimum absolute atomic E-state index is 0.142. The minimum Gasteiger partial charge on any atom is -0.481 e. The van der Waals surface area contributed by atoms with E-state index >= 15 is 0 Å². The Kier molecular flexibility index (Phi) is 4.03. The number of hydrogen-bond acceptors (Lipinski definition) is 4. The van der Waals surface area contributed by atoms with Gasteiger partial charge in [-0.3, -0.25) is 9.59 Å². The quantitative estimate of drug-likeness (QED) is 0.924. The molecule has 130 valence electrons. The maximum absolute atomic E-state index is 12.9. The Morgan fingerprint density at radius 1 is 1.08 bits per heavy atom. The van der Waals surface area contributed by atoms with E-state index < -0.39 is 5.97 Å². The molecule has 0 unspecified atom stereocenters. The summed E-state index contributed by atoms with van der Waals surface area (Å²) in [6.45, 7) is 0.904. The summed E-state index contributed by atoms with van der Waals surface area (Å²) in [5.74, 6) is 0.162. The van der Waals surface area contributed by atoms with Gasteiger partial charge in [0, 0.05) is 24.6 Å². The highest BCUT2D eigenvalue weighted by molar-refractivity contribution is 5.94. The Labute approximate surface area is 145 Å². The molecule has 2 heterocycles. The third kappa shape index (κ3) is 3.16. The van der Waals surface area contributed by atoms with Gasteiger partial charge < -0.3 is 14.4 Å². The van der Waals surface area contributed by atoms with Crippen molar-refractivity contribution in [2.45, 2.75) is 31.6 Å². The maximum atomic E-state index is 12.9. The number of carboxylic acids is 1. The minimum atomic E-state index is -0.779. The molecule has 4 rings (SSSR count). The summed E-state index contributed by atoms with van der Waals surface area (Å²) in [5.41, 5.74) is 1.25. The van der Waals surface area contributed by atoms with Crippen LogP contribution in [0.1, 0.15) is 47.8 Å². The van der Waals surface area contributed by atoms with Crippen molar-refractivity contribution in [3.63, 3.8) is 0 Å². The van der Waals surface area contributed by atoms with Crippen LogP contribution in [0.25, 0.3) is 11.5 Å². The number of carbonyl (C=O) groups is 2. The molecule has 1 amide bonds. The molecule has 6 nitrogen and oxygen atoms in total. The number of likely N-dealkylation sites (tertiary alicyclic amines) is 1. The average Bonchev–Trinajstić information content (AvgIpc) is 3.40. The Morgan fingerprint density at radius 3 is 2.36 bits per heavy atom. The van der Waals surface area contributed by atoms with Crippen molar-refractivity contribution in [1.29, 1.82) is 0 Å². The first-order chi connectivity index (χ1) is 12.1. The molecule has 1 saturated heterocycles. The first-order valence-electron chi connectivity index (χ1n) is 8.71. The lowest BCUT2D eigenvalue weighted by Crippen LogP contribution is -2.40. The van der Waals surface area contributed by atoms with Crippen molar-refractivity contribution in [1.82, 2.24) is 9.88 Å². The van der Waals surface area contributed by atoms with Gasteiger partial charge in [0.15, 0.2) is 5.69 Å². The van der Waals surface area contributed by atoms with Crippen LogP contribution in [-0.2, 0) is 4.79 Å². The zero-order valence-corrected chi connectivity index (χ0v) is 13.9. The summed E-state index contributed by atoms with van der Waals surface area (Å²) in [4.78, 5) is 30.2. The molecule has 1 saturated carbocycles. The molecule has 0 bridgehead atoms. The van der Waals surface area contributed by atoms with Gasteiger partial charge >= 0.3 is 5.97 Å². The lowest BCUT2D eigenvalue weighted by atomic mass is 9.97. The van der Waals surface area contributed by atoms with Crippen LogP contribution in [0.2, 0.25) is 0 Å². The van der Waals surface area contributed by atoms with Gasteiger partial charge in [-0.1, -0.05) is 18.2 Å². The van der Waals surface area contributed by atoms with Gasteiger partial charge in [0.2, 0.25) is 5.89 Å². The third-order valence-electron chi connectivity index (χ3n) is 4.96. The molecule has 2 aliphatic rings. The zero-order chi connectivity index (χ0) is 17.4. The highest BCUT2D eigenvalue weighted by Gasteiger charge is 2.36. The van der Waals surface area contributed by atoms with Gasteiger partial charge in [0.1, 0.15) is 5.76 Å². The molecule has 1 N–H and O–H groups in total. The van der Waals surface area contributed by atoms with Crippen LogP contribution in [0.15, 0.2) is 34.7 Å². The van der Waals surface area contributed by atoms with Crippen LogP contribution < -0.4 is 0 Å². The monoisotopic (exact) mass is 340 g/mol. The first-order valence-corrected chi connectivity index (χ1v) is 8.71. The Morgan fingerprint density at radius 2 is 1.76 bits per heavy atom. The Bertz CT molecular complexity index is 787. The number of carbonyl (C=O) groups excluding carboxylic acids is 1. The molecule has 2 aromatic rings. The number of amides is 1. The lowest BCUT2D eigenvalue weighted by Gasteiger charge is -2.29. The predicted octanol–water partition coefficient (Wildman–Crippen LogP) is 3.16. The van der Waals surface area contributed by atoms with Gasteiger partial charge in [0.25, 0.3) is 5.91 Å². The van der Waals surface area contributed by atoms with Crippen LogP contribution in [0.4, 0.5) is 0 Å². The number of carboxylic acid groups (broad SMARTS) is 1. The number of rotatable bonds is 4. The van der Waals surface area contributed by atoms with Crippen LogP contribution >= 0.6 is 0 Å². The maximum Gasteiger partial charge on any atom is 0.306 e. The van der Waals surface area contributed by atoms with Crippen molar-refractivity contribution in [3.05, 3.63) is 41.8 Å². The standard InChI is InChI=1S/C19H20N2O4/c22-18(21-10-8-14(9-11-21)19(23)24)15-16(12-6-7-12)25-17(20-15)13-4-2-1-3-5-13/h1-5,12,14H,6-11H2,(H,23,24). The molecule has 1 aliphatic carbocycles. The van der Waals surface area contributed by atoms with Crippen molar-refractivity contribution in [2.75, 3.05) is 13.1 Å². The summed E-state index contributed by atoms with van der Waals surface area (Å²) in [7, 11) is 0. The summed E-state index contributed by atoms with van der Waals surface area (Å²) < 4.78 is 5.94. The fraction of sp³-hybridized carbons (Fsp3) is 0.421. The van der Waals surface area contributed by atoms with Gasteiger partial charge in [0.05, 0.1) is 5.92 Å². The highest BCUT2D eigenvalue weighted by Crippen LogP contribution is 2.43. The van der Waals surface area contributed by atoms with Crippen LogP contribution in [-0.4, -0.2) is 40.0 Å². The second kappa shape index (κ2) is 6.35. The molecule has 1 aliphatic heterocycles. The summed E-state index contributed by atoms with van der Waals surface area (Å²) in [5, 5.41) is 9.10. The lowest BCUT2D eigenvalue weighted by molar-refractivity contribution is -0.143. The van der Waals surface area contributed by atoms with Crippen molar-refractivity contribution < 1.29 is 19.1 Å². The molecular formula is C19H20N2O4. The molecule has 6 heteroatoms. The fourth-order valence-electron chi connectivity index (χ4n) is 3.29. The molecule has 1 aromatic carbocycles. The normalized spacial score (nSPS) is 18.3. The fourth-order valence-corrected chi connectivity index (χ4v) is 3.29. The van der Waals surface area contributed by atoms with E-state index in [0.29, 0.717) is 43.3 Å². The topological polar surface area (TPSA) is 83.6 Å². The number of piperidine rings is 1. The molecule has 1 aromatic heterocycles. The van der Waals surface area contributed by atoms with Crippen LogP contribution in [0.5, 0.6) is 0 Å². The van der Waals surface area contributed by atoms with E-state index in [1.807, 2.05) is 30.3 Å². The van der Waals surface area contributed by atoms with Crippen molar-refractivity contribution in [2.24, 2.45) is 5.92 Å². The van der Waals surface area contributed by atoms with E-state index in [2.05, 4.69) is 4.98 Å². The first kappa shape index (κ1) is 15.9. The molecule has 0 spiro atoms. The second-order valence-electron chi connectivity index (χ2n) is 6.78. The SMILES string of the molecule is O=C(O)C1CCN(C(=O)c2nc(-c3ccccc3)oc2C2CC2)CC1. The summed E-state index contributed by atoms with van der Waals surface area (Å²) in [6, 6.07) is 9.57. The largest absolute Gasteiger partial charge is 0.481 e. The van der Waals surface area contributed by atoms with E-state index in [4.69, 9.17) is 9.52 Å². The highest BCUT2D eigenvalue weighted by atomic mass is 16.4. The average molecular weight is 340 g/mol. The van der Waals surface area contributed by atoms with Gasteiger partial charge in [-0.25, -0.2) is 4.98 Å². The van der Waals surface area contributed by atoms with Crippen molar-refractivity contribution in [3.8, 4) is 11.5 Å². The summed E-state index contributed by atoms with van der Waals surface area (Å²) in [6.07, 6.45) is 3.02. The second-order valence-corrected chi connectivity index (χ2v) is 6.78. The smallest absolute Gasteiger partial charge is 0.306 e. The molecular weight excluding hydrogens is 320 g/mol. The predicted molar refractivity (Wildman–Crippen MR) is 90.2 cm³/mol. The molecule has 2 fully saturated rings. The number of aromatic nitrogens is 1. The van der Waals surface area contributed by atoms with E-state index in [0.717, 1.165) is 18.4 Å². The summed E-state index contributed by atoms with van der Waals surface area (Å²) >= 11 is 0. The van der Waals surface area contributed by atoms with E-state index in [-0.39, 0.29) is 17.7 Å². The Hall–Kier alpha value is -2.63. The van der Waals surface area contributed by atoms with E-state index in [9.17, 15) is 9.59 Å². The number of hydrogen-bond donors (Lipinski definition) is 1. The number of oxazole rings is 1. The number of nitrogens with zero attached hydrogens (tertiary/aromatic N) is 2. The number of aliphatic carboxylic acids is 1. The van der Waals surface area contributed by atoms with E-state index in [1.54, 1.807) is 4.90 Å². The molecule has 0 radical (unpaired) electrons. The number of benzene rings is 1. The van der Waals surface area contributed by atoms with Crippen molar-refractivity contribution >= 4 is 11.9 Å². The van der Waals surface area contributed by atoms with Gasteiger partial charge in [-0.05, 0) is 37.8 Å². The van der Waals surface area contributed by atoms with E-state index in [1.165, 1.54) is 0 Å². The Balaban J connectivity index is 1.58.